The average molecular weight is 781 g/mol. The molecule has 25 nitrogen and oxygen atoms in total. The Bertz CT molecular complexity index is 2250. The minimum atomic E-state index is -4.78. The Labute approximate surface area is 289 Å². The molecule has 7 heterocycles. The smallest absolute Gasteiger partial charge is 0.394 e. The molecule has 0 spiro atoms. The van der Waals surface area contributed by atoms with Gasteiger partial charge in [0.2, 0.25) is 5.82 Å². The normalized spacial score (nSPS) is 25.6. The second-order valence-corrected chi connectivity index (χ2v) is 12.1. The number of aromatic amines is 2. The summed E-state index contributed by atoms with van der Waals surface area (Å²) in [6.45, 7) is -1.13. The number of ether oxygens (including phenoxy) is 2. The first kappa shape index (κ1) is 39.2. The zero-order valence-corrected chi connectivity index (χ0v) is 27.1. The molecule has 2 aliphatic heterocycles. The van der Waals surface area contributed by atoms with Gasteiger partial charge in [0.15, 0.2) is 46.4 Å². The van der Waals surface area contributed by atoms with Crippen LogP contribution in [0.1, 0.15) is 12.5 Å². The Morgan fingerprint density at radius 2 is 1.28 bits per heavy atom. The van der Waals surface area contributed by atoms with E-state index in [1.54, 1.807) is 4.98 Å². The molecule has 288 valence electrons. The van der Waals surface area contributed by atoms with Crippen molar-refractivity contribution in [2.24, 2.45) is 0 Å². The van der Waals surface area contributed by atoms with Crippen molar-refractivity contribution < 1.29 is 67.1 Å². The minimum Gasteiger partial charge on any atom is -0.394 e. The number of fused-ring (bicyclic) bond motifs is 2. The first-order valence-electron chi connectivity index (χ1n) is 14.5. The van der Waals surface area contributed by atoms with Gasteiger partial charge >= 0.3 is 25.7 Å². The highest BCUT2D eigenvalue weighted by molar-refractivity contribution is 7.46. The molecule has 2 fully saturated rings. The third-order valence-corrected chi connectivity index (χ3v) is 7.91. The van der Waals surface area contributed by atoms with Crippen LogP contribution < -0.4 is 22.7 Å². The predicted molar refractivity (Wildman–Crippen MR) is 164 cm³/mol. The molecule has 13 N–H and O–H groups in total. The van der Waals surface area contributed by atoms with Gasteiger partial charge in [-0.25, -0.2) is 19.3 Å². The number of phosphoric ester groups is 1. The average Bonchev–Trinajstić information content (AvgIpc) is 3.83. The van der Waals surface area contributed by atoms with Crippen LogP contribution in [-0.2, 0) is 18.6 Å². The van der Waals surface area contributed by atoms with Crippen molar-refractivity contribution in [1.29, 1.82) is 0 Å². The second-order valence-electron chi connectivity index (χ2n) is 10.9. The standard InChI is InChI=1S/C10H13FN5O7P.C10H12FN5O4.C4H3FN2O2/c11-10-14-7(12)4-8(15-10)16(2-13-4)9-6(18)5(17)3(23-9)1-22-24(19,20)21;11-10-14-7(12)4-8(15-10)16(2-13-4)9-6(19)5(18)3(1-17)20-9;5-2-1-6-4(9)7-3(2)8/h2-3,5-6,9,17-18H,1H2,(H2,12,14,15)(H2,19,20,21);2-3,5-6,9,17-19H,1H2,(H2,12,14,15);1H,(H2,6,7,8,9)/t2*3-,5-,6+,9-;/m11./s1. The Balaban J connectivity index is 0.000000168. The number of hydrogen-bond donors (Lipinski definition) is 11. The number of phosphoric acid groups is 1. The van der Waals surface area contributed by atoms with Gasteiger partial charge in [-0.1, -0.05) is 0 Å². The summed E-state index contributed by atoms with van der Waals surface area (Å²) in [7, 11) is -4.78. The summed E-state index contributed by atoms with van der Waals surface area (Å²) in [4.78, 5) is 62.9. The lowest BCUT2D eigenvalue weighted by Gasteiger charge is -2.16. The lowest BCUT2D eigenvalue weighted by Crippen LogP contribution is -2.33. The number of rotatable bonds is 6. The second kappa shape index (κ2) is 15.5. The van der Waals surface area contributed by atoms with Crippen LogP contribution in [0.4, 0.5) is 24.8 Å². The topological polar surface area (TPSA) is 391 Å². The first-order valence-corrected chi connectivity index (χ1v) is 16.1. The van der Waals surface area contributed by atoms with E-state index < -0.39 is 99.3 Å². The lowest BCUT2D eigenvalue weighted by atomic mass is 10.1. The van der Waals surface area contributed by atoms with E-state index in [-0.39, 0.29) is 34.0 Å². The molecular formula is C24H28F3N12O13P. The van der Waals surface area contributed by atoms with Crippen molar-refractivity contribution in [3.63, 3.8) is 0 Å². The van der Waals surface area contributed by atoms with Crippen molar-refractivity contribution in [2.75, 3.05) is 24.7 Å². The molecule has 2 aliphatic rings. The molecule has 8 atom stereocenters. The van der Waals surface area contributed by atoms with Crippen LogP contribution in [0, 0.1) is 18.0 Å². The fraction of sp³-hybridized carbons (Fsp3) is 0.417. The van der Waals surface area contributed by atoms with E-state index in [0.29, 0.717) is 6.20 Å². The Morgan fingerprint density at radius 3 is 1.70 bits per heavy atom. The molecule has 0 radical (unpaired) electrons. The van der Waals surface area contributed by atoms with Crippen LogP contribution in [0.25, 0.3) is 22.3 Å². The van der Waals surface area contributed by atoms with Crippen LogP contribution >= 0.6 is 7.82 Å². The molecule has 5 aromatic rings. The van der Waals surface area contributed by atoms with Gasteiger partial charge in [0.25, 0.3) is 5.56 Å². The van der Waals surface area contributed by atoms with Gasteiger partial charge in [-0.15, -0.1) is 0 Å². The summed E-state index contributed by atoms with van der Waals surface area (Å²) in [5, 5.41) is 48.7. The van der Waals surface area contributed by atoms with Gasteiger partial charge < -0.3 is 61.2 Å². The maximum absolute atomic E-state index is 13.3. The SMILES string of the molecule is Nc1nc(F)nc2c1ncn2[C@@H]1O[C@H](CO)[C@@H](O)[C@@H]1O.Nc1nc(F)nc2c1ncn2[C@@H]1O[C@H](COP(=O)(O)O)[C@@H](O)[C@@H]1O.O=c1[nH]cc(F)c(=O)[nH]1. The Morgan fingerprint density at radius 1 is 0.811 bits per heavy atom. The summed E-state index contributed by atoms with van der Waals surface area (Å²) < 4.78 is 66.6. The summed E-state index contributed by atoms with van der Waals surface area (Å²) >= 11 is 0. The maximum Gasteiger partial charge on any atom is 0.469 e. The quantitative estimate of drug-likeness (QED) is 0.0572. The molecule has 53 heavy (non-hydrogen) atoms. The molecule has 7 rings (SSSR count). The van der Waals surface area contributed by atoms with Crippen molar-refractivity contribution >= 4 is 41.8 Å². The predicted octanol–water partition coefficient (Wildman–Crippen LogP) is -4.36. The highest BCUT2D eigenvalue weighted by Gasteiger charge is 2.46. The van der Waals surface area contributed by atoms with Gasteiger partial charge in [-0.2, -0.15) is 33.1 Å². The highest BCUT2D eigenvalue weighted by Crippen LogP contribution is 2.39. The third kappa shape index (κ3) is 8.47. The van der Waals surface area contributed by atoms with Gasteiger partial charge in [0, 0.05) is 6.20 Å². The van der Waals surface area contributed by atoms with E-state index >= 15 is 0 Å². The van der Waals surface area contributed by atoms with Crippen LogP contribution in [0.5, 0.6) is 0 Å². The van der Waals surface area contributed by atoms with Crippen molar-refractivity contribution in [3.05, 3.63) is 57.7 Å². The van der Waals surface area contributed by atoms with E-state index in [2.05, 4.69) is 34.4 Å². The number of aliphatic hydroxyl groups is 5. The molecule has 0 amide bonds. The number of halogens is 3. The maximum atomic E-state index is 13.3. The Kier molecular flexibility index (Phi) is 11.5. The lowest BCUT2D eigenvalue weighted by molar-refractivity contribution is -0.0511. The zero-order valence-electron chi connectivity index (χ0n) is 26.2. The number of imidazole rings is 2. The van der Waals surface area contributed by atoms with E-state index in [1.165, 1.54) is 10.9 Å². The number of nitrogens with two attached hydrogens (primary N) is 2. The number of aromatic nitrogens is 10. The summed E-state index contributed by atoms with van der Waals surface area (Å²) in [6, 6.07) is 0. The number of nitrogens with one attached hydrogen (secondary N) is 2. The van der Waals surface area contributed by atoms with Gasteiger partial charge in [0.05, 0.1) is 25.9 Å². The fourth-order valence-electron chi connectivity index (χ4n) is 4.96. The monoisotopic (exact) mass is 780 g/mol. The summed E-state index contributed by atoms with van der Waals surface area (Å²) in [5.74, 6) is -1.35. The van der Waals surface area contributed by atoms with E-state index in [4.69, 9.17) is 35.8 Å². The van der Waals surface area contributed by atoms with Crippen LogP contribution in [0.2, 0.25) is 0 Å². The molecule has 0 aliphatic carbocycles. The van der Waals surface area contributed by atoms with Gasteiger partial charge in [0.1, 0.15) is 36.6 Å². The van der Waals surface area contributed by atoms with Crippen LogP contribution in [-0.4, -0.2) is 134 Å². The molecule has 0 saturated carbocycles. The molecule has 5 aromatic heterocycles. The molecule has 0 unspecified atom stereocenters. The van der Waals surface area contributed by atoms with Gasteiger partial charge in [-0.3, -0.25) is 23.4 Å². The van der Waals surface area contributed by atoms with Crippen molar-refractivity contribution in [3.8, 4) is 0 Å². The molecule has 29 heteroatoms. The van der Waals surface area contributed by atoms with E-state index in [1.807, 2.05) is 4.98 Å². The number of aliphatic hydroxyl groups excluding tert-OH is 5. The molecule has 0 aromatic carbocycles. The molecule has 0 bridgehead atoms. The highest BCUT2D eigenvalue weighted by atomic mass is 31.2. The molecule has 2 saturated heterocycles. The Hall–Kier alpha value is -5.00. The fourth-order valence-corrected chi connectivity index (χ4v) is 5.31. The summed E-state index contributed by atoms with van der Waals surface area (Å²) in [6.07, 6.45) is -9.14. The zero-order chi connectivity index (χ0) is 38.9. The number of anilines is 2. The van der Waals surface area contributed by atoms with Crippen molar-refractivity contribution in [1.82, 2.24) is 49.0 Å². The largest absolute Gasteiger partial charge is 0.469 e. The van der Waals surface area contributed by atoms with E-state index in [0.717, 1.165) is 10.9 Å². The first-order chi connectivity index (χ1) is 24.9. The number of nitrogen functional groups attached to an aromatic ring is 2. The van der Waals surface area contributed by atoms with Crippen LogP contribution in [0.15, 0.2) is 28.4 Å². The van der Waals surface area contributed by atoms with Crippen molar-refractivity contribution in [2.45, 2.75) is 49.1 Å². The van der Waals surface area contributed by atoms with Gasteiger partial charge in [-0.05, 0) is 0 Å². The van der Waals surface area contributed by atoms with E-state index in [9.17, 15) is 47.8 Å². The number of nitrogens with zero attached hydrogens (tertiary/aromatic N) is 8. The third-order valence-electron chi connectivity index (χ3n) is 7.43. The summed E-state index contributed by atoms with van der Waals surface area (Å²) in [5.41, 5.74) is 9.52. The van der Waals surface area contributed by atoms with Crippen LogP contribution in [0.3, 0.4) is 0 Å². The minimum absolute atomic E-state index is 0.0323. The number of hydrogen-bond acceptors (Lipinski definition) is 19. The number of H-pyrrole nitrogens is 2. The molecular weight excluding hydrogens is 752 g/mol.